The number of anilines is 1. The van der Waals surface area contributed by atoms with Crippen molar-refractivity contribution >= 4 is 17.5 Å². The molecule has 2 amide bonds. The van der Waals surface area contributed by atoms with E-state index < -0.39 is 24.2 Å². The van der Waals surface area contributed by atoms with E-state index in [2.05, 4.69) is 20.3 Å². The Morgan fingerprint density at radius 2 is 1.93 bits per heavy atom. The van der Waals surface area contributed by atoms with Gasteiger partial charge >= 0.3 is 6.61 Å². The summed E-state index contributed by atoms with van der Waals surface area (Å²) >= 11 is 0. The number of carbonyl (C=O) groups excluding carboxylic acids is 2. The topological polar surface area (TPSA) is 73.9 Å². The maximum Gasteiger partial charge on any atom is 0.387 e. The fourth-order valence-corrected chi connectivity index (χ4v) is 3.81. The Bertz CT molecular complexity index is 815. The van der Waals surface area contributed by atoms with Crippen LogP contribution in [0.15, 0.2) is 18.2 Å². The number of rotatable bonds is 7. The Hall–Kier alpha value is -2.33. The van der Waals surface area contributed by atoms with Crippen molar-refractivity contribution in [2.45, 2.75) is 58.0 Å². The molecular weight excluding hydrogens is 401 g/mol. The van der Waals surface area contributed by atoms with E-state index in [9.17, 15) is 22.8 Å². The van der Waals surface area contributed by atoms with Crippen molar-refractivity contribution in [1.29, 1.82) is 0 Å². The molecule has 1 aromatic carbocycles. The van der Waals surface area contributed by atoms with E-state index in [4.69, 9.17) is 0 Å². The molecule has 0 aromatic heterocycles. The molecule has 0 saturated carbocycles. The van der Waals surface area contributed by atoms with Gasteiger partial charge in [0, 0.05) is 42.5 Å². The summed E-state index contributed by atoms with van der Waals surface area (Å²) < 4.78 is 42.3. The number of hydrogen-bond donors (Lipinski definition) is 2. The minimum absolute atomic E-state index is 0.0247. The maximum atomic E-state index is 13.5. The molecule has 2 unspecified atom stereocenters. The van der Waals surface area contributed by atoms with Crippen LogP contribution in [0.25, 0.3) is 0 Å². The van der Waals surface area contributed by atoms with E-state index in [1.807, 2.05) is 25.7 Å². The van der Waals surface area contributed by atoms with Crippen molar-refractivity contribution in [2.24, 2.45) is 0 Å². The number of halogens is 3. The quantitative estimate of drug-likeness (QED) is 0.696. The molecule has 3 atom stereocenters. The zero-order valence-corrected chi connectivity index (χ0v) is 17.4. The van der Waals surface area contributed by atoms with Crippen molar-refractivity contribution in [3.05, 3.63) is 24.0 Å². The summed E-state index contributed by atoms with van der Waals surface area (Å²) in [5.41, 5.74) is -0.102. The molecule has 7 nitrogen and oxygen atoms in total. The normalized spacial score (nSPS) is 22.5. The summed E-state index contributed by atoms with van der Waals surface area (Å²) in [6, 6.07) is 3.26. The highest BCUT2D eigenvalue weighted by Gasteiger charge is 2.54. The Morgan fingerprint density at radius 3 is 2.50 bits per heavy atom. The lowest BCUT2D eigenvalue weighted by Gasteiger charge is -2.63. The molecule has 2 N–H and O–H groups in total. The van der Waals surface area contributed by atoms with E-state index in [1.165, 1.54) is 6.07 Å². The monoisotopic (exact) mass is 428 g/mol. The SMILES string of the molecule is CC(C(=O)Nc1ccc(F)c(OC(F)F)c1)N1CC2[C@H]1CN2CC(=O)NC(C)(C)C. The summed E-state index contributed by atoms with van der Waals surface area (Å²) in [5, 5.41) is 5.55. The number of hydrogen-bond acceptors (Lipinski definition) is 5. The van der Waals surface area contributed by atoms with Crippen LogP contribution in [0.5, 0.6) is 5.75 Å². The molecule has 2 heterocycles. The highest BCUT2D eigenvalue weighted by Crippen LogP contribution is 2.35. The molecule has 0 bridgehead atoms. The molecule has 0 radical (unpaired) electrons. The van der Waals surface area contributed by atoms with Gasteiger partial charge < -0.3 is 15.4 Å². The predicted molar refractivity (Wildman–Crippen MR) is 105 cm³/mol. The second-order valence-corrected chi connectivity index (χ2v) is 8.75. The zero-order chi connectivity index (χ0) is 22.2. The molecule has 10 heteroatoms. The Balaban J connectivity index is 1.49. The molecule has 30 heavy (non-hydrogen) atoms. The van der Waals surface area contributed by atoms with Crippen LogP contribution in [0.2, 0.25) is 0 Å². The minimum Gasteiger partial charge on any atom is -0.432 e. The third kappa shape index (κ3) is 5.04. The highest BCUT2D eigenvalue weighted by molar-refractivity contribution is 5.94. The van der Waals surface area contributed by atoms with Crippen LogP contribution >= 0.6 is 0 Å². The Kier molecular flexibility index (Phi) is 6.28. The van der Waals surface area contributed by atoms with Gasteiger partial charge in [-0.25, -0.2) is 4.39 Å². The van der Waals surface area contributed by atoms with E-state index in [0.29, 0.717) is 19.6 Å². The third-order valence-electron chi connectivity index (χ3n) is 5.31. The number of alkyl halides is 2. The van der Waals surface area contributed by atoms with Crippen molar-refractivity contribution in [3.63, 3.8) is 0 Å². The van der Waals surface area contributed by atoms with Crippen molar-refractivity contribution in [3.8, 4) is 5.75 Å². The van der Waals surface area contributed by atoms with Crippen LogP contribution in [0.4, 0.5) is 18.9 Å². The van der Waals surface area contributed by atoms with Gasteiger partial charge in [-0.15, -0.1) is 0 Å². The van der Waals surface area contributed by atoms with Gasteiger partial charge in [-0.3, -0.25) is 19.4 Å². The number of carbonyl (C=O) groups is 2. The van der Waals surface area contributed by atoms with E-state index in [0.717, 1.165) is 12.1 Å². The van der Waals surface area contributed by atoms with Gasteiger partial charge in [0.1, 0.15) is 0 Å². The summed E-state index contributed by atoms with van der Waals surface area (Å²) in [4.78, 5) is 28.7. The molecule has 2 saturated heterocycles. The summed E-state index contributed by atoms with van der Waals surface area (Å²) in [7, 11) is 0. The number of nitrogens with zero attached hydrogens (tertiary/aromatic N) is 2. The fraction of sp³-hybridized carbons (Fsp3) is 0.600. The largest absolute Gasteiger partial charge is 0.432 e. The lowest BCUT2D eigenvalue weighted by molar-refractivity contribution is -0.158. The van der Waals surface area contributed by atoms with E-state index >= 15 is 0 Å². The first-order chi connectivity index (χ1) is 13.9. The molecule has 1 aromatic rings. The first-order valence-corrected chi connectivity index (χ1v) is 9.80. The second-order valence-electron chi connectivity index (χ2n) is 8.75. The number of ether oxygens (including phenoxy) is 1. The minimum atomic E-state index is -3.16. The van der Waals surface area contributed by atoms with E-state index in [-0.39, 0.29) is 35.1 Å². The third-order valence-corrected chi connectivity index (χ3v) is 5.31. The molecule has 2 fully saturated rings. The molecule has 2 aliphatic heterocycles. The first kappa shape index (κ1) is 22.4. The van der Waals surface area contributed by atoms with E-state index in [1.54, 1.807) is 6.92 Å². The average molecular weight is 428 g/mol. The van der Waals surface area contributed by atoms with Crippen LogP contribution in [-0.4, -0.2) is 71.5 Å². The van der Waals surface area contributed by atoms with Crippen LogP contribution < -0.4 is 15.4 Å². The number of amides is 2. The molecular formula is C20H27F3N4O3. The van der Waals surface area contributed by atoms with Gasteiger partial charge in [0.25, 0.3) is 0 Å². The van der Waals surface area contributed by atoms with Crippen LogP contribution in [0.1, 0.15) is 27.7 Å². The lowest BCUT2D eigenvalue weighted by atomic mass is 9.84. The molecule has 0 aliphatic carbocycles. The predicted octanol–water partition coefficient (Wildman–Crippen LogP) is 2.04. The van der Waals surface area contributed by atoms with Gasteiger partial charge in [0.2, 0.25) is 11.8 Å². The van der Waals surface area contributed by atoms with Gasteiger partial charge in [-0.2, -0.15) is 8.78 Å². The molecule has 166 valence electrons. The van der Waals surface area contributed by atoms with Gasteiger partial charge in [0.15, 0.2) is 11.6 Å². The maximum absolute atomic E-state index is 13.5. The number of benzene rings is 1. The Labute approximate surface area is 173 Å². The van der Waals surface area contributed by atoms with Gasteiger partial charge in [0.05, 0.1) is 12.6 Å². The number of nitrogens with one attached hydrogen (secondary N) is 2. The number of likely N-dealkylation sites (tertiary alicyclic amines) is 2. The first-order valence-electron chi connectivity index (χ1n) is 9.80. The molecule has 0 spiro atoms. The number of piperazine rings is 1. The highest BCUT2D eigenvalue weighted by atomic mass is 19.3. The second kappa shape index (κ2) is 8.43. The molecule has 2 aliphatic rings. The average Bonchev–Trinajstić information content (AvgIpc) is 2.59. The summed E-state index contributed by atoms with van der Waals surface area (Å²) in [6.45, 7) is 6.06. The van der Waals surface area contributed by atoms with Gasteiger partial charge in [-0.1, -0.05) is 0 Å². The molecule has 3 rings (SSSR count). The zero-order valence-electron chi connectivity index (χ0n) is 17.4. The summed E-state index contributed by atoms with van der Waals surface area (Å²) in [6.07, 6.45) is 0. The van der Waals surface area contributed by atoms with Crippen molar-refractivity contribution in [1.82, 2.24) is 15.1 Å². The number of fused-ring (bicyclic) bond motifs is 1. The van der Waals surface area contributed by atoms with Crippen LogP contribution in [0, 0.1) is 5.82 Å². The fourth-order valence-electron chi connectivity index (χ4n) is 3.81. The van der Waals surface area contributed by atoms with Crippen molar-refractivity contribution < 1.29 is 27.5 Å². The van der Waals surface area contributed by atoms with Crippen LogP contribution in [-0.2, 0) is 9.59 Å². The van der Waals surface area contributed by atoms with Gasteiger partial charge in [-0.05, 0) is 39.8 Å². The van der Waals surface area contributed by atoms with Crippen molar-refractivity contribution in [2.75, 3.05) is 25.0 Å². The lowest BCUT2D eigenvalue weighted by Crippen LogP contribution is -2.81. The Morgan fingerprint density at radius 1 is 1.23 bits per heavy atom. The smallest absolute Gasteiger partial charge is 0.387 e. The summed E-state index contributed by atoms with van der Waals surface area (Å²) in [5.74, 6) is -1.91. The standard InChI is InChI=1S/C20H27F3N4O3/c1-11(18(29)24-12-5-6-13(21)16(7-12)30-19(22)23)27-9-14-15(27)8-26(14)10-17(28)25-20(2,3)4/h5-7,11,14-15,19H,8-10H2,1-4H3,(H,24,29)(H,25,28)/t11?,14?,15-/m1/s1. The van der Waals surface area contributed by atoms with Crippen LogP contribution in [0.3, 0.4) is 0 Å².